The molecule has 0 fully saturated rings. The molecule has 0 spiro atoms. The van der Waals surface area contributed by atoms with Crippen LogP contribution in [0.1, 0.15) is 49.9 Å². The van der Waals surface area contributed by atoms with Crippen molar-refractivity contribution in [2.75, 3.05) is 13.2 Å². The van der Waals surface area contributed by atoms with Crippen LogP contribution in [0.15, 0.2) is 117 Å². The van der Waals surface area contributed by atoms with Crippen LogP contribution in [0.4, 0.5) is 0 Å². The van der Waals surface area contributed by atoms with Gasteiger partial charge in [-0.25, -0.2) is 0 Å². The summed E-state index contributed by atoms with van der Waals surface area (Å²) in [5.41, 5.74) is 3.30. The first-order valence-corrected chi connectivity index (χ1v) is 22.2. The highest BCUT2D eigenvalue weighted by atomic mass is 32.2. The first kappa shape index (κ1) is 41.3. The van der Waals surface area contributed by atoms with E-state index in [0.717, 1.165) is 22.3 Å². The van der Waals surface area contributed by atoms with Crippen LogP contribution in [0.5, 0.6) is 0 Å². The smallest absolute Gasteiger partial charge is 0.263 e. The van der Waals surface area contributed by atoms with Crippen molar-refractivity contribution in [1.29, 1.82) is 0 Å². The molecule has 282 valence electrons. The first-order chi connectivity index (χ1) is 24.5. The molecule has 2 unspecified atom stereocenters. The predicted octanol–water partition coefficient (Wildman–Crippen LogP) is 5.60. The quantitative estimate of drug-likeness (QED) is 0.108. The maximum atomic E-state index is 13.6. The molecule has 4 aromatic carbocycles. The van der Waals surface area contributed by atoms with E-state index in [1.54, 1.807) is 48.5 Å². The number of rotatable bonds is 19. The molecular formula is C36H42O12S4. The third-order valence-corrected chi connectivity index (χ3v) is 13.5. The lowest BCUT2D eigenvalue weighted by Crippen LogP contribution is -2.42. The van der Waals surface area contributed by atoms with Crippen LogP contribution in [0.3, 0.4) is 0 Å². The molecule has 0 saturated carbocycles. The first-order valence-electron chi connectivity index (χ1n) is 16.5. The highest BCUT2D eigenvalue weighted by Gasteiger charge is 2.37. The minimum atomic E-state index is -4.77. The summed E-state index contributed by atoms with van der Waals surface area (Å²) < 4.78 is 129. The van der Waals surface area contributed by atoms with Gasteiger partial charge >= 0.3 is 0 Å². The minimum absolute atomic E-state index is 0.267. The van der Waals surface area contributed by atoms with E-state index in [9.17, 15) is 33.7 Å². The Kier molecular flexibility index (Phi) is 13.9. The molecule has 12 nitrogen and oxygen atoms in total. The van der Waals surface area contributed by atoms with Crippen LogP contribution in [0.2, 0.25) is 0 Å². The topological polar surface area (TPSA) is 173 Å². The van der Waals surface area contributed by atoms with E-state index < -0.39 is 65.9 Å². The molecule has 0 heterocycles. The lowest BCUT2D eigenvalue weighted by molar-refractivity contribution is 0.00820. The van der Waals surface area contributed by atoms with E-state index in [-0.39, 0.29) is 19.6 Å². The van der Waals surface area contributed by atoms with Gasteiger partial charge in [0.15, 0.2) is 0 Å². The van der Waals surface area contributed by atoms with Gasteiger partial charge in [-0.15, -0.1) is 0 Å². The second kappa shape index (κ2) is 17.6. The molecule has 0 aliphatic heterocycles. The zero-order valence-corrected chi connectivity index (χ0v) is 32.4. The predicted molar refractivity (Wildman–Crippen MR) is 194 cm³/mol. The molecule has 0 radical (unpaired) electrons. The molecule has 0 amide bonds. The van der Waals surface area contributed by atoms with Crippen molar-refractivity contribution in [2.45, 2.75) is 85.2 Å². The maximum Gasteiger partial charge on any atom is 0.297 e. The summed E-state index contributed by atoms with van der Waals surface area (Å²) >= 11 is 0. The normalized spacial score (nSPS) is 13.8. The summed E-state index contributed by atoms with van der Waals surface area (Å²) in [6.45, 7) is 5.27. The Morgan fingerprint density at radius 2 is 0.577 bits per heavy atom. The van der Waals surface area contributed by atoms with Crippen molar-refractivity contribution in [3.63, 3.8) is 0 Å². The fourth-order valence-electron chi connectivity index (χ4n) is 4.85. The highest BCUT2D eigenvalue weighted by Crippen LogP contribution is 2.25. The van der Waals surface area contributed by atoms with Gasteiger partial charge in [0.05, 0.1) is 32.8 Å². The molecular weight excluding hydrogens is 753 g/mol. The third-order valence-electron chi connectivity index (χ3n) is 8.17. The van der Waals surface area contributed by atoms with E-state index in [4.69, 9.17) is 16.7 Å². The Morgan fingerprint density at radius 1 is 0.365 bits per heavy atom. The summed E-state index contributed by atoms with van der Waals surface area (Å²) in [7, 11) is -18.7. The van der Waals surface area contributed by atoms with E-state index in [1.165, 1.54) is 48.5 Å². The maximum absolute atomic E-state index is 13.6. The van der Waals surface area contributed by atoms with Crippen molar-refractivity contribution in [3.8, 4) is 0 Å². The Morgan fingerprint density at radius 3 is 0.788 bits per heavy atom. The van der Waals surface area contributed by atoms with Crippen molar-refractivity contribution in [1.82, 2.24) is 0 Å². The number of hydrogen-bond donors (Lipinski definition) is 0. The molecule has 52 heavy (non-hydrogen) atoms. The van der Waals surface area contributed by atoms with Crippen LogP contribution >= 0.6 is 0 Å². The fourth-order valence-corrected chi connectivity index (χ4v) is 8.86. The van der Waals surface area contributed by atoms with Crippen LogP contribution in [-0.2, 0) is 82.9 Å². The second-order valence-electron chi connectivity index (χ2n) is 11.6. The summed E-state index contributed by atoms with van der Waals surface area (Å²) in [5.74, 6) is 0. The fraction of sp³-hybridized carbons (Fsp3) is 0.333. The second-order valence-corrected chi connectivity index (χ2v) is 18.0. The third kappa shape index (κ3) is 10.8. The molecule has 0 saturated heterocycles. The van der Waals surface area contributed by atoms with Gasteiger partial charge in [-0.1, -0.05) is 76.2 Å². The van der Waals surface area contributed by atoms with E-state index >= 15 is 0 Å². The van der Waals surface area contributed by atoms with Gasteiger partial charge < -0.3 is 0 Å². The molecule has 0 aromatic heterocycles. The Hall–Kier alpha value is -3.48. The number of hydrogen-bond acceptors (Lipinski definition) is 12. The SMILES string of the molecule is CCc1ccc(S(=O)(=O)OCC(OS(=O)(=O)c2ccc(CC)cc2)C(COS(=O)(=O)c2ccc(CC)cc2)OS(=O)(=O)c2ccc(CC)cc2)cc1. The van der Waals surface area contributed by atoms with E-state index in [1.807, 2.05) is 27.7 Å². The summed E-state index contributed by atoms with van der Waals surface area (Å²) in [6, 6.07) is 22.7. The molecule has 4 rings (SSSR count). The Labute approximate surface area is 307 Å². The number of benzene rings is 4. The standard InChI is InChI=1S/C36H42O12S4/c1-5-27-9-17-31(18-10-27)49(37,38)45-25-35(47-51(41,42)33-21-13-29(7-3)14-22-33)36(48-52(43,44)34-23-15-30(8-4)16-24-34)26-46-50(39,40)32-19-11-28(6-2)12-20-32/h9-24,35-36H,5-8,25-26H2,1-4H3. The van der Waals surface area contributed by atoms with Crippen molar-refractivity contribution < 1.29 is 50.4 Å². The lowest BCUT2D eigenvalue weighted by atomic mass is 10.2. The van der Waals surface area contributed by atoms with Gasteiger partial charge in [-0.3, -0.25) is 16.7 Å². The Bertz CT molecular complexity index is 2050. The van der Waals surface area contributed by atoms with Crippen LogP contribution < -0.4 is 0 Å². The van der Waals surface area contributed by atoms with Gasteiger partial charge in [-0.05, 0) is 96.5 Å². The number of aryl methyl sites for hydroxylation is 4. The van der Waals surface area contributed by atoms with Gasteiger partial charge in [0.2, 0.25) is 0 Å². The van der Waals surface area contributed by atoms with Crippen LogP contribution in [-0.4, -0.2) is 59.1 Å². The van der Waals surface area contributed by atoms with Crippen LogP contribution in [0.25, 0.3) is 0 Å². The summed E-state index contributed by atoms with van der Waals surface area (Å²) in [5, 5.41) is 0. The van der Waals surface area contributed by atoms with Crippen molar-refractivity contribution in [2.24, 2.45) is 0 Å². The molecule has 2 atom stereocenters. The van der Waals surface area contributed by atoms with Crippen molar-refractivity contribution in [3.05, 3.63) is 119 Å². The average Bonchev–Trinajstić information content (AvgIpc) is 3.15. The molecule has 0 aliphatic carbocycles. The molecule has 4 aromatic rings. The summed E-state index contributed by atoms with van der Waals surface area (Å²) in [4.78, 5) is -1.21. The van der Waals surface area contributed by atoms with Gasteiger partial charge in [0.25, 0.3) is 40.5 Å². The largest absolute Gasteiger partial charge is 0.297 e. The molecule has 16 heteroatoms. The van der Waals surface area contributed by atoms with Gasteiger partial charge in [-0.2, -0.15) is 33.7 Å². The van der Waals surface area contributed by atoms with Gasteiger partial charge in [0, 0.05) is 0 Å². The zero-order valence-electron chi connectivity index (χ0n) is 29.2. The molecule has 0 N–H and O–H groups in total. The minimum Gasteiger partial charge on any atom is -0.263 e. The molecule has 0 bridgehead atoms. The highest BCUT2D eigenvalue weighted by molar-refractivity contribution is 7.87. The lowest BCUT2D eigenvalue weighted by Gasteiger charge is -2.26. The monoisotopic (exact) mass is 794 g/mol. The van der Waals surface area contributed by atoms with Gasteiger partial charge in [0.1, 0.15) is 12.2 Å². The molecule has 0 aliphatic rings. The van der Waals surface area contributed by atoms with E-state index in [2.05, 4.69) is 0 Å². The summed E-state index contributed by atoms with van der Waals surface area (Å²) in [6.07, 6.45) is -1.68. The Balaban J connectivity index is 1.76. The van der Waals surface area contributed by atoms with E-state index in [0.29, 0.717) is 25.7 Å². The van der Waals surface area contributed by atoms with Crippen LogP contribution in [0, 0.1) is 0 Å². The van der Waals surface area contributed by atoms with Crippen molar-refractivity contribution >= 4 is 40.5 Å². The average molecular weight is 795 g/mol. The zero-order chi connectivity index (χ0) is 38.2.